The fourth-order valence-corrected chi connectivity index (χ4v) is 7.46. The Bertz CT molecular complexity index is 1450. The standard InChI is InChI=1S/C31H30N2O4S2/c1-36-27-11-9-22(17-24(27)29(34)32-14-13-19-5-3-2-4-6-19)26-12-10-23(37-26)18-28-30(35)33(31(38)39-28)25-16-20-7-8-21(25)15-20/h2-6,9-12,17-18,20-21,25H,7-8,13-16H2,1H3,(H,32,34)/b28-18-. The van der Waals surface area contributed by atoms with E-state index in [1.54, 1.807) is 25.3 Å². The Hall–Kier alpha value is -3.36. The van der Waals surface area contributed by atoms with Gasteiger partial charge in [-0.25, -0.2) is 0 Å². The maximum absolute atomic E-state index is 13.3. The minimum Gasteiger partial charge on any atom is -0.496 e. The number of amides is 2. The molecule has 2 aromatic carbocycles. The summed E-state index contributed by atoms with van der Waals surface area (Å²) in [5.74, 6) is 2.76. The minimum absolute atomic E-state index is 0.0144. The Labute approximate surface area is 237 Å². The van der Waals surface area contributed by atoms with Crippen LogP contribution in [0.15, 0.2) is 70.0 Å². The van der Waals surface area contributed by atoms with E-state index in [2.05, 4.69) is 5.32 Å². The second kappa shape index (κ2) is 11.0. The third-order valence-corrected chi connectivity index (χ3v) is 9.36. The predicted octanol–water partition coefficient (Wildman–Crippen LogP) is 6.32. The molecule has 1 aromatic heterocycles. The smallest absolute Gasteiger partial charge is 0.266 e. The third kappa shape index (κ3) is 5.28. The summed E-state index contributed by atoms with van der Waals surface area (Å²) in [6.07, 6.45) is 7.28. The number of furan rings is 1. The van der Waals surface area contributed by atoms with Gasteiger partial charge in [-0.1, -0.05) is 60.7 Å². The van der Waals surface area contributed by atoms with E-state index < -0.39 is 0 Å². The van der Waals surface area contributed by atoms with Crippen LogP contribution < -0.4 is 10.1 Å². The second-order valence-corrected chi connectivity index (χ2v) is 12.1. The highest BCUT2D eigenvalue weighted by Gasteiger charge is 2.48. The van der Waals surface area contributed by atoms with Crippen LogP contribution >= 0.6 is 24.0 Å². The van der Waals surface area contributed by atoms with Crippen molar-refractivity contribution in [2.75, 3.05) is 13.7 Å². The molecule has 0 radical (unpaired) electrons. The zero-order chi connectivity index (χ0) is 26.9. The van der Waals surface area contributed by atoms with Crippen molar-refractivity contribution in [1.82, 2.24) is 10.2 Å². The normalized spacial score (nSPS) is 23.2. The number of hydrogen-bond donors (Lipinski definition) is 1. The molecule has 1 saturated heterocycles. The second-order valence-electron chi connectivity index (χ2n) is 10.4. The van der Waals surface area contributed by atoms with Crippen LogP contribution in [0.5, 0.6) is 5.75 Å². The molecule has 2 bridgehead atoms. The molecule has 1 aliphatic heterocycles. The lowest BCUT2D eigenvalue weighted by Gasteiger charge is -2.30. The number of benzene rings is 2. The summed E-state index contributed by atoms with van der Waals surface area (Å²) in [7, 11) is 1.55. The summed E-state index contributed by atoms with van der Waals surface area (Å²) in [4.78, 5) is 28.7. The van der Waals surface area contributed by atoms with Crippen LogP contribution in [-0.4, -0.2) is 40.7 Å². The number of ether oxygens (including phenoxy) is 1. The van der Waals surface area contributed by atoms with E-state index in [1.165, 1.54) is 31.0 Å². The molecule has 8 heteroatoms. The fraction of sp³-hybridized carbons (Fsp3) is 0.323. The monoisotopic (exact) mass is 558 g/mol. The van der Waals surface area contributed by atoms with Crippen molar-refractivity contribution < 1.29 is 18.7 Å². The van der Waals surface area contributed by atoms with Crippen LogP contribution in [0.1, 0.15) is 47.4 Å². The number of hydrogen-bond acceptors (Lipinski definition) is 6. The molecular formula is C31H30N2O4S2. The number of nitrogens with zero attached hydrogens (tertiary/aromatic N) is 1. The number of rotatable bonds is 8. The van der Waals surface area contributed by atoms with E-state index in [0.29, 0.717) is 44.5 Å². The summed E-state index contributed by atoms with van der Waals surface area (Å²) in [5, 5.41) is 2.98. The summed E-state index contributed by atoms with van der Waals surface area (Å²) in [5.41, 5.74) is 2.35. The topological polar surface area (TPSA) is 71.8 Å². The molecule has 2 heterocycles. The highest BCUT2D eigenvalue weighted by atomic mass is 32.2. The molecule has 2 amide bonds. The maximum atomic E-state index is 13.3. The summed E-state index contributed by atoms with van der Waals surface area (Å²) in [6.45, 7) is 0.515. The fourth-order valence-electron chi connectivity index (χ4n) is 6.11. The number of thiocarbonyl (C=S) groups is 1. The molecule has 3 fully saturated rings. The van der Waals surface area contributed by atoms with Gasteiger partial charge in [-0.15, -0.1) is 0 Å². The Balaban J connectivity index is 1.16. The summed E-state index contributed by atoms with van der Waals surface area (Å²) < 4.78 is 12.2. The van der Waals surface area contributed by atoms with Gasteiger partial charge < -0.3 is 14.5 Å². The molecule has 3 atom stereocenters. The van der Waals surface area contributed by atoms with Crippen LogP contribution in [0, 0.1) is 11.8 Å². The number of thioether (sulfide) groups is 1. The van der Waals surface area contributed by atoms with Gasteiger partial charge in [-0.05, 0) is 73.4 Å². The first-order chi connectivity index (χ1) is 19.0. The largest absolute Gasteiger partial charge is 0.496 e. The molecule has 200 valence electrons. The summed E-state index contributed by atoms with van der Waals surface area (Å²) in [6, 6.07) is 19.4. The van der Waals surface area contributed by atoms with Crippen molar-refractivity contribution in [2.45, 2.75) is 38.1 Å². The van der Waals surface area contributed by atoms with E-state index in [-0.39, 0.29) is 17.9 Å². The molecule has 0 spiro atoms. The molecule has 6 nitrogen and oxygen atoms in total. The number of nitrogens with one attached hydrogen (secondary N) is 1. The number of carbonyl (C=O) groups is 2. The van der Waals surface area contributed by atoms with E-state index in [4.69, 9.17) is 21.4 Å². The van der Waals surface area contributed by atoms with Crippen LogP contribution in [0.3, 0.4) is 0 Å². The van der Waals surface area contributed by atoms with Crippen LogP contribution in [0.4, 0.5) is 0 Å². The Morgan fingerprint density at radius 1 is 1.15 bits per heavy atom. The van der Waals surface area contributed by atoms with E-state index in [0.717, 1.165) is 29.9 Å². The molecule has 2 saturated carbocycles. The number of carbonyl (C=O) groups excluding carboxylic acids is 2. The number of methoxy groups -OCH3 is 1. The molecule has 2 aliphatic carbocycles. The van der Waals surface area contributed by atoms with Gasteiger partial charge in [-0.3, -0.25) is 14.5 Å². The lowest BCUT2D eigenvalue weighted by molar-refractivity contribution is -0.124. The van der Waals surface area contributed by atoms with Crippen molar-refractivity contribution in [3.8, 4) is 17.1 Å². The highest BCUT2D eigenvalue weighted by Crippen LogP contribution is 2.49. The van der Waals surface area contributed by atoms with E-state index in [1.807, 2.05) is 53.4 Å². The Morgan fingerprint density at radius 2 is 2.00 bits per heavy atom. The van der Waals surface area contributed by atoms with Crippen molar-refractivity contribution in [2.24, 2.45) is 11.8 Å². The number of fused-ring (bicyclic) bond motifs is 2. The minimum atomic E-state index is -0.208. The van der Waals surface area contributed by atoms with Crippen LogP contribution in [0.2, 0.25) is 0 Å². The van der Waals surface area contributed by atoms with Gasteiger partial charge in [-0.2, -0.15) is 0 Å². The lowest BCUT2D eigenvalue weighted by atomic mass is 9.94. The quantitative estimate of drug-likeness (QED) is 0.258. The molecule has 3 aliphatic rings. The Kier molecular flexibility index (Phi) is 7.32. The van der Waals surface area contributed by atoms with Crippen LogP contribution in [-0.2, 0) is 11.2 Å². The molecular weight excluding hydrogens is 528 g/mol. The first-order valence-corrected chi connectivity index (χ1v) is 14.6. The highest BCUT2D eigenvalue weighted by molar-refractivity contribution is 8.26. The zero-order valence-electron chi connectivity index (χ0n) is 21.7. The van der Waals surface area contributed by atoms with Crippen molar-refractivity contribution in [3.63, 3.8) is 0 Å². The van der Waals surface area contributed by atoms with Gasteiger partial charge in [0, 0.05) is 24.2 Å². The molecule has 3 unspecified atom stereocenters. The van der Waals surface area contributed by atoms with Gasteiger partial charge in [0.2, 0.25) is 0 Å². The Morgan fingerprint density at radius 3 is 2.74 bits per heavy atom. The molecule has 6 rings (SSSR count). The SMILES string of the molecule is COc1ccc(-c2ccc(/C=C3\SC(=S)N(C4CC5CCC4C5)C3=O)o2)cc1C(=O)NCCc1ccccc1. The molecule has 1 N–H and O–H groups in total. The van der Waals surface area contributed by atoms with Gasteiger partial charge >= 0.3 is 0 Å². The first-order valence-electron chi connectivity index (χ1n) is 13.4. The summed E-state index contributed by atoms with van der Waals surface area (Å²) >= 11 is 6.96. The average Bonchev–Trinajstić information content (AvgIpc) is 3.75. The van der Waals surface area contributed by atoms with Gasteiger partial charge in [0.1, 0.15) is 21.6 Å². The van der Waals surface area contributed by atoms with Gasteiger partial charge in [0.25, 0.3) is 11.8 Å². The van der Waals surface area contributed by atoms with Gasteiger partial charge in [0.05, 0.1) is 17.6 Å². The van der Waals surface area contributed by atoms with Crippen molar-refractivity contribution in [1.29, 1.82) is 0 Å². The molecule has 3 aromatic rings. The van der Waals surface area contributed by atoms with Crippen molar-refractivity contribution in [3.05, 3.63) is 82.5 Å². The zero-order valence-corrected chi connectivity index (χ0v) is 23.4. The van der Waals surface area contributed by atoms with Crippen molar-refractivity contribution >= 4 is 46.2 Å². The van der Waals surface area contributed by atoms with E-state index in [9.17, 15) is 9.59 Å². The van der Waals surface area contributed by atoms with Gasteiger partial charge in [0.15, 0.2) is 0 Å². The lowest BCUT2D eigenvalue weighted by Crippen LogP contribution is -2.41. The first kappa shape index (κ1) is 25.9. The maximum Gasteiger partial charge on any atom is 0.266 e. The van der Waals surface area contributed by atoms with E-state index >= 15 is 0 Å². The molecule has 39 heavy (non-hydrogen) atoms. The predicted molar refractivity (Wildman–Crippen MR) is 157 cm³/mol. The third-order valence-electron chi connectivity index (χ3n) is 8.03. The average molecular weight is 559 g/mol. The van der Waals surface area contributed by atoms with Crippen LogP contribution in [0.25, 0.3) is 17.4 Å².